The minimum Gasteiger partial charge on any atom is -0.481 e. The van der Waals surface area contributed by atoms with Crippen LogP contribution in [0.25, 0.3) is 11.3 Å². The first kappa shape index (κ1) is 11.9. The van der Waals surface area contributed by atoms with Crippen LogP contribution in [-0.2, 0) is 17.8 Å². The van der Waals surface area contributed by atoms with E-state index in [1.807, 2.05) is 19.1 Å². The lowest BCUT2D eigenvalue weighted by Gasteiger charge is -2.22. The van der Waals surface area contributed by atoms with Gasteiger partial charge in [-0.3, -0.25) is 9.78 Å². The van der Waals surface area contributed by atoms with Crippen LogP contribution in [0.3, 0.4) is 0 Å². The van der Waals surface area contributed by atoms with Crippen LogP contribution in [0, 0.1) is 12.8 Å². The molecule has 0 fully saturated rings. The Labute approximate surface area is 110 Å². The summed E-state index contributed by atoms with van der Waals surface area (Å²) in [5, 5.41) is 9.19. The minimum absolute atomic E-state index is 0.302. The van der Waals surface area contributed by atoms with Gasteiger partial charge in [-0.25, -0.2) is 4.98 Å². The lowest BCUT2D eigenvalue weighted by Crippen LogP contribution is -2.25. The lowest BCUT2D eigenvalue weighted by atomic mass is 9.94. The molecule has 0 saturated heterocycles. The van der Waals surface area contributed by atoms with Gasteiger partial charge in [0, 0.05) is 36.6 Å². The third-order valence-corrected chi connectivity index (χ3v) is 3.71. The fourth-order valence-corrected chi connectivity index (χ4v) is 2.69. The van der Waals surface area contributed by atoms with Crippen molar-refractivity contribution in [2.45, 2.75) is 26.3 Å². The highest BCUT2D eigenvalue weighted by Gasteiger charge is 2.28. The third-order valence-electron chi connectivity index (χ3n) is 3.71. The van der Waals surface area contributed by atoms with E-state index in [0.29, 0.717) is 12.8 Å². The van der Waals surface area contributed by atoms with Gasteiger partial charge in [0.1, 0.15) is 5.82 Å². The van der Waals surface area contributed by atoms with E-state index in [1.165, 1.54) is 0 Å². The smallest absolute Gasteiger partial charge is 0.306 e. The Bertz CT molecular complexity index is 619. The van der Waals surface area contributed by atoms with E-state index >= 15 is 0 Å². The van der Waals surface area contributed by atoms with Crippen molar-refractivity contribution in [3.8, 4) is 11.3 Å². The fourth-order valence-electron chi connectivity index (χ4n) is 2.69. The summed E-state index contributed by atoms with van der Waals surface area (Å²) in [5.41, 5.74) is 2.92. The Kier molecular flexibility index (Phi) is 2.81. The van der Waals surface area contributed by atoms with E-state index in [2.05, 4.69) is 14.5 Å². The number of hydrogen-bond acceptors (Lipinski definition) is 3. The zero-order valence-corrected chi connectivity index (χ0v) is 10.7. The molecular formula is C14H15N3O2. The Hall–Kier alpha value is -2.17. The first-order chi connectivity index (χ1) is 9.16. The van der Waals surface area contributed by atoms with Crippen molar-refractivity contribution < 1.29 is 9.90 Å². The summed E-state index contributed by atoms with van der Waals surface area (Å²) in [4.78, 5) is 19.8. The number of rotatable bonds is 2. The van der Waals surface area contributed by atoms with Gasteiger partial charge in [-0.05, 0) is 25.5 Å². The summed E-state index contributed by atoms with van der Waals surface area (Å²) in [6, 6.07) is 3.82. The normalized spacial score (nSPS) is 18.1. The molecule has 19 heavy (non-hydrogen) atoms. The number of aliphatic carboxylic acids is 1. The first-order valence-electron chi connectivity index (χ1n) is 6.36. The van der Waals surface area contributed by atoms with Gasteiger partial charge in [0.15, 0.2) is 0 Å². The number of nitrogens with zero attached hydrogens (tertiary/aromatic N) is 3. The molecule has 0 saturated carbocycles. The second-order valence-corrected chi connectivity index (χ2v) is 4.87. The van der Waals surface area contributed by atoms with Crippen LogP contribution in [-0.4, -0.2) is 25.6 Å². The summed E-state index contributed by atoms with van der Waals surface area (Å²) in [7, 11) is 0. The fraction of sp³-hybridized carbons (Fsp3) is 0.357. The van der Waals surface area contributed by atoms with Crippen molar-refractivity contribution in [3.05, 3.63) is 36.0 Å². The van der Waals surface area contributed by atoms with E-state index in [4.69, 9.17) is 0 Å². The second-order valence-electron chi connectivity index (χ2n) is 4.87. The molecule has 1 N–H and O–H groups in total. The SMILES string of the molecule is Cc1nc(-c2ccncc2)c2n1CCC(C(=O)O)C2. The molecule has 3 rings (SSSR count). The molecule has 2 aromatic rings. The molecular weight excluding hydrogens is 242 g/mol. The maximum Gasteiger partial charge on any atom is 0.306 e. The number of aryl methyl sites for hydroxylation is 1. The number of carboxylic acids is 1. The highest BCUT2D eigenvalue weighted by Crippen LogP contribution is 2.30. The number of hydrogen-bond donors (Lipinski definition) is 1. The predicted octanol–water partition coefficient (Wildman–Crippen LogP) is 1.90. The van der Waals surface area contributed by atoms with Crippen molar-refractivity contribution in [2.75, 3.05) is 0 Å². The molecule has 0 aromatic carbocycles. The van der Waals surface area contributed by atoms with Crippen LogP contribution < -0.4 is 0 Å². The van der Waals surface area contributed by atoms with Crippen LogP contribution >= 0.6 is 0 Å². The standard InChI is InChI=1S/C14H15N3O2/c1-9-16-13(10-2-5-15-6-3-10)12-8-11(14(18)19)4-7-17(9)12/h2-3,5-6,11H,4,7-8H2,1H3,(H,18,19). The Morgan fingerprint density at radius 2 is 2.16 bits per heavy atom. The van der Waals surface area contributed by atoms with Gasteiger partial charge in [-0.15, -0.1) is 0 Å². The van der Waals surface area contributed by atoms with Gasteiger partial charge in [-0.1, -0.05) is 0 Å². The van der Waals surface area contributed by atoms with Gasteiger partial charge >= 0.3 is 5.97 Å². The molecule has 0 aliphatic carbocycles. The Morgan fingerprint density at radius 1 is 1.42 bits per heavy atom. The highest BCUT2D eigenvalue weighted by atomic mass is 16.4. The maximum absolute atomic E-state index is 11.2. The van der Waals surface area contributed by atoms with Gasteiger partial charge in [0.25, 0.3) is 0 Å². The molecule has 98 valence electrons. The maximum atomic E-state index is 11.2. The van der Waals surface area contributed by atoms with Crippen molar-refractivity contribution >= 4 is 5.97 Å². The summed E-state index contributed by atoms with van der Waals surface area (Å²) < 4.78 is 2.13. The molecule has 1 aliphatic rings. The van der Waals surface area contributed by atoms with Crippen molar-refractivity contribution in [3.63, 3.8) is 0 Å². The summed E-state index contributed by atoms with van der Waals surface area (Å²) in [5.74, 6) is -0.0689. The lowest BCUT2D eigenvalue weighted by molar-refractivity contribution is -0.142. The summed E-state index contributed by atoms with van der Waals surface area (Å²) >= 11 is 0. The number of carboxylic acid groups (broad SMARTS) is 1. The number of carbonyl (C=O) groups is 1. The molecule has 5 nitrogen and oxygen atoms in total. The second kappa shape index (κ2) is 4.50. The molecule has 1 atom stereocenters. The summed E-state index contributed by atoms with van der Waals surface area (Å²) in [6.45, 7) is 2.70. The van der Waals surface area contributed by atoms with E-state index in [9.17, 15) is 9.90 Å². The van der Waals surface area contributed by atoms with Crippen molar-refractivity contribution in [1.29, 1.82) is 0 Å². The van der Waals surface area contributed by atoms with E-state index in [0.717, 1.165) is 29.3 Å². The van der Waals surface area contributed by atoms with Crippen molar-refractivity contribution in [1.82, 2.24) is 14.5 Å². The quantitative estimate of drug-likeness (QED) is 0.892. The van der Waals surface area contributed by atoms with Crippen LogP contribution in [0.5, 0.6) is 0 Å². The van der Waals surface area contributed by atoms with E-state index in [1.54, 1.807) is 12.4 Å². The molecule has 3 heterocycles. The van der Waals surface area contributed by atoms with Crippen LogP contribution in [0.15, 0.2) is 24.5 Å². The topological polar surface area (TPSA) is 68.0 Å². The average Bonchev–Trinajstić information content (AvgIpc) is 2.77. The predicted molar refractivity (Wildman–Crippen MR) is 69.6 cm³/mol. The van der Waals surface area contributed by atoms with Gasteiger partial charge in [0.05, 0.1) is 11.6 Å². The molecule has 5 heteroatoms. The Balaban J connectivity index is 2.07. The Morgan fingerprint density at radius 3 is 2.84 bits per heavy atom. The van der Waals surface area contributed by atoms with Gasteiger partial charge in [0.2, 0.25) is 0 Å². The van der Waals surface area contributed by atoms with Crippen LogP contribution in [0.1, 0.15) is 17.9 Å². The third kappa shape index (κ3) is 2.01. The molecule has 1 unspecified atom stereocenters. The average molecular weight is 257 g/mol. The van der Waals surface area contributed by atoms with E-state index < -0.39 is 5.97 Å². The molecule has 0 spiro atoms. The molecule has 1 aliphatic heterocycles. The largest absolute Gasteiger partial charge is 0.481 e. The molecule has 2 aromatic heterocycles. The first-order valence-corrected chi connectivity index (χ1v) is 6.36. The number of fused-ring (bicyclic) bond motifs is 1. The molecule has 0 radical (unpaired) electrons. The summed E-state index contributed by atoms with van der Waals surface area (Å²) in [6.07, 6.45) is 4.69. The van der Waals surface area contributed by atoms with Gasteiger partial charge in [-0.2, -0.15) is 0 Å². The van der Waals surface area contributed by atoms with Crippen LogP contribution in [0.4, 0.5) is 0 Å². The monoisotopic (exact) mass is 257 g/mol. The highest BCUT2D eigenvalue weighted by molar-refractivity contribution is 5.72. The molecule has 0 amide bonds. The minimum atomic E-state index is -0.717. The molecule has 0 bridgehead atoms. The van der Waals surface area contributed by atoms with Crippen LogP contribution in [0.2, 0.25) is 0 Å². The zero-order chi connectivity index (χ0) is 13.4. The number of imidazole rings is 1. The van der Waals surface area contributed by atoms with E-state index in [-0.39, 0.29) is 5.92 Å². The van der Waals surface area contributed by atoms with Crippen molar-refractivity contribution in [2.24, 2.45) is 5.92 Å². The number of aromatic nitrogens is 3. The van der Waals surface area contributed by atoms with Gasteiger partial charge < -0.3 is 9.67 Å². The number of pyridine rings is 1. The zero-order valence-electron chi connectivity index (χ0n) is 10.7.